The van der Waals surface area contributed by atoms with Crippen LogP contribution in [0.25, 0.3) is 40.3 Å². The largest absolute Gasteiger partial charge is 0.309 e. The van der Waals surface area contributed by atoms with E-state index in [4.69, 9.17) is 0 Å². The molecule has 0 radical (unpaired) electrons. The minimum atomic E-state index is 1.08. The van der Waals surface area contributed by atoms with Crippen molar-refractivity contribution >= 4 is 96.0 Å². The van der Waals surface area contributed by atoms with Crippen LogP contribution in [0.3, 0.4) is 0 Å². The quantitative estimate of drug-likeness (QED) is 0.217. The molecule has 4 heteroatoms. The first-order chi connectivity index (χ1) is 16.8. The van der Waals surface area contributed by atoms with Crippen LogP contribution in [0.4, 0.5) is 17.1 Å². The number of thiophene rings is 2. The molecule has 0 aliphatic heterocycles. The molecular weight excluding hydrogens is 518 g/mol. The lowest BCUT2D eigenvalue weighted by Crippen LogP contribution is -2.10. The normalized spacial score (nSPS) is 11.7. The molecule has 34 heavy (non-hydrogen) atoms. The van der Waals surface area contributed by atoms with Gasteiger partial charge in [0.05, 0.1) is 10.4 Å². The highest BCUT2D eigenvalue weighted by molar-refractivity contribution is 9.10. The van der Waals surface area contributed by atoms with Crippen molar-refractivity contribution < 1.29 is 0 Å². The highest BCUT2D eigenvalue weighted by atomic mass is 79.9. The first kappa shape index (κ1) is 20.2. The van der Waals surface area contributed by atoms with Crippen molar-refractivity contribution in [1.29, 1.82) is 0 Å². The fraction of sp³-hybridized carbons (Fsp3) is 0. The van der Waals surface area contributed by atoms with Crippen molar-refractivity contribution in [2.45, 2.75) is 0 Å². The number of benzene rings is 5. The maximum Gasteiger partial charge on any atom is 0.0651 e. The Morgan fingerprint density at radius 3 is 1.94 bits per heavy atom. The molecule has 0 aliphatic carbocycles. The van der Waals surface area contributed by atoms with E-state index in [0.29, 0.717) is 0 Å². The van der Waals surface area contributed by atoms with E-state index in [1.807, 2.05) is 22.7 Å². The molecule has 0 saturated heterocycles. The zero-order valence-electron chi connectivity index (χ0n) is 18.0. The van der Waals surface area contributed by atoms with E-state index in [1.54, 1.807) is 0 Å². The second kappa shape index (κ2) is 7.95. The molecule has 0 fully saturated rings. The van der Waals surface area contributed by atoms with E-state index < -0.39 is 0 Å². The summed E-state index contributed by atoms with van der Waals surface area (Å²) in [6, 6.07) is 39.4. The fourth-order valence-electron chi connectivity index (χ4n) is 4.80. The van der Waals surface area contributed by atoms with Crippen LogP contribution in [0.5, 0.6) is 0 Å². The molecule has 7 aromatic rings. The van der Waals surface area contributed by atoms with Crippen LogP contribution in [0.2, 0.25) is 0 Å². The van der Waals surface area contributed by atoms with Crippen molar-refractivity contribution in [1.82, 2.24) is 0 Å². The zero-order chi connectivity index (χ0) is 22.6. The molecule has 0 unspecified atom stereocenters. The van der Waals surface area contributed by atoms with Crippen molar-refractivity contribution in [2.75, 3.05) is 4.90 Å². The molecule has 5 aromatic carbocycles. The predicted molar refractivity (Wildman–Crippen MR) is 155 cm³/mol. The smallest absolute Gasteiger partial charge is 0.0651 e. The highest BCUT2D eigenvalue weighted by Gasteiger charge is 2.19. The third kappa shape index (κ3) is 3.17. The van der Waals surface area contributed by atoms with Gasteiger partial charge in [0.15, 0.2) is 0 Å². The molecule has 0 amide bonds. The Morgan fingerprint density at radius 2 is 1.15 bits per heavy atom. The minimum Gasteiger partial charge on any atom is -0.309 e. The molecule has 0 atom stereocenters. The van der Waals surface area contributed by atoms with Crippen molar-refractivity contribution in [3.8, 4) is 0 Å². The number of halogens is 1. The summed E-state index contributed by atoms with van der Waals surface area (Å²) in [6.07, 6.45) is 0. The Kier molecular flexibility index (Phi) is 4.73. The lowest BCUT2D eigenvalue weighted by molar-refractivity contribution is 1.31. The number of nitrogens with zero attached hydrogens (tertiary/aromatic N) is 1. The summed E-state index contributed by atoms with van der Waals surface area (Å²) in [7, 11) is 0. The van der Waals surface area contributed by atoms with Gasteiger partial charge in [0.25, 0.3) is 0 Å². The molecule has 7 rings (SSSR count). The SMILES string of the molecule is Brc1cc(N(c2ccccc2)c2ccc3sc4ccccc4c3c2)c2sc3ccccc3c2c1. The Bertz CT molecular complexity index is 1830. The Hall–Kier alpha value is -3.18. The van der Waals surface area contributed by atoms with E-state index in [-0.39, 0.29) is 0 Å². The first-order valence-corrected chi connectivity index (χ1v) is 13.6. The van der Waals surface area contributed by atoms with E-state index >= 15 is 0 Å². The van der Waals surface area contributed by atoms with E-state index in [1.165, 1.54) is 51.7 Å². The molecule has 0 aliphatic rings. The van der Waals surface area contributed by atoms with E-state index in [2.05, 4.69) is 130 Å². The molecule has 2 aromatic heterocycles. The molecule has 1 nitrogen and oxygen atoms in total. The molecule has 0 N–H and O–H groups in total. The number of hydrogen-bond donors (Lipinski definition) is 0. The number of fused-ring (bicyclic) bond motifs is 6. The van der Waals surface area contributed by atoms with Gasteiger partial charge in [-0.1, -0.05) is 70.5 Å². The minimum absolute atomic E-state index is 1.08. The lowest BCUT2D eigenvalue weighted by Gasteiger charge is -2.26. The maximum atomic E-state index is 3.81. The summed E-state index contributed by atoms with van der Waals surface area (Å²) in [5, 5.41) is 5.21. The first-order valence-electron chi connectivity index (χ1n) is 11.1. The average molecular weight is 537 g/mol. The Morgan fingerprint density at radius 1 is 0.500 bits per heavy atom. The van der Waals surface area contributed by atoms with Gasteiger partial charge in [0.1, 0.15) is 0 Å². The molecule has 0 spiro atoms. The van der Waals surface area contributed by atoms with Gasteiger partial charge in [-0.3, -0.25) is 0 Å². The zero-order valence-corrected chi connectivity index (χ0v) is 21.3. The molecule has 2 heterocycles. The van der Waals surface area contributed by atoms with Gasteiger partial charge in [-0.05, 0) is 54.6 Å². The van der Waals surface area contributed by atoms with Crippen LogP contribution >= 0.6 is 38.6 Å². The van der Waals surface area contributed by atoms with Crippen molar-refractivity contribution in [2.24, 2.45) is 0 Å². The number of para-hydroxylation sites is 1. The Balaban J connectivity index is 1.55. The summed E-state index contributed by atoms with van der Waals surface area (Å²) in [6.45, 7) is 0. The van der Waals surface area contributed by atoms with Crippen molar-refractivity contribution in [3.05, 3.63) is 114 Å². The van der Waals surface area contributed by atoms with Gasteiger partial charge in [-0.25, -0.2) is 0 Å². The van der Waals surface area contributed by atoms with Crippen LogP contribution in [0, 0.1) is 0 Å². The number of anilines is 3. The Labute approximate surface area is 213 Å². The van der Waals surface area contributed by atoms with Gasteiger partial charge < -0.3 is 4.90 Å². The van der Waals surface area contributed by atoms with Gasteiger partial charge in [-0.15, -0.1) is 22.7 Å². The van der Waals surface area contributed by atoms with E-state index in [9.17, 15) is 0 Å². The van der Waals surface area contributed by atoms with Crippen LogP contribution in [-0.2, 0) is 0 Å². The number of hydrogen-bond acceptors (Lipinski definition) is 3. The fourth-order valence-corrected chi connectivity index (χ4v) is 7.52. The molecule has 162 valence electrons. The van der Waals surface area contributed by atoms with Crippen LogP contribution in [0.1, 0.15) is 0 Å². The van der Waals surface area contributed by atoms with E-state index in [0.717, 1.165) is 10.2 Å². The summed E-state index contributed by atoms with van der Waals surface area (Å²) >= 11 is 7.53. The standard InChI is InChI=1S/C30H18BrNS2/c31-19-16-25-23-11-5-7-13-28(23)34-30(25)26(17-19)32(20-8-2-1-3-9-20)21-14-15-29-24(18-21)22-10-4-6-12-27(22)33-29/h1-18H. The summed E-state index contributed by atoms with van der Waals surface area (Å²) < 4.78 is 6.34. The monoisotopic (exact) mass is 535 g/mol. The molecule has 0 saturated carbocycles. The summed E-state index contributed by atoms with van der Waals surface area (Å²) in [5.74, 6) is 0. The average Bonchev–Trinajstić information content (AvgIpc) is 3.43. The van der Waals surface area contributed by atoms with Gasteiger partial charge >= 0.3 is 0 Å². The predicted octanol–water partition coefficient (Wildman–Crippen LogP) is 10.7. The third-order valence-electron chi connectivity index (χ3n) is 6.30. The maximum absolute atomic E-state index is 3.81. The highest BCUT2D eigenvalue weighted by Crippen LogP contribution is 2.47. The topological polar surface area (TPSA) is 3.24 Å². The van der Waals surface area contributed by atoms with Crippen LogP contribution in [0.15, 0.2) is 114 Å². The second-order valence-electron chi connectivity index (χ2n) is 8.35. The third-order valence-corrected chi connectivity index (χ3v) is 9.12. The summed E-state index contributed by atoms with van der Waals surface area (Å²) in [5.41, 5.74) is 3.51. The molecule has 0 bridgehead atoms. The van der Waals surface area contributed by atoms with Gasteiger partial charge in [-0.2, -0.15) is 0 Å². The van der Waals surface area contributed by atoms with Crippen LogP contribution < -0.4 is 4.90 Å². The summed E-state index contributed by atoms with van der Waals surface area (Å²) in [4.78, 5) is 2.40. The van der Waals surface area contributed by atoms with Crippen molar-refractivity contribution in [3.63, 3.8) is 0 Å². The van der Waals surface area contributed by atoms with Gasteiger partial charge in [0.2, 0.25) is 0 Å². The molecular formula is C30H18BrNS2. The second-order valence-corrected chi connectivity index (χ2v) is 11.4. The van der Waals surface area contributed by atoms with Gasteiger partial charge in [0, 0.05) is 51.5 Å². The number of rotatable bonds is 3. The lowest BCUT2D eigenvalue weighted by atomic mass is 10.1. The van der Waals surface area contributed by atoms with Crippen LogP contribution in [-0.4, -0.2) is 0 Å².